The average Bonchev–Trinajstić information content (AvgIpc) is 3.28. The first kappa shape index (κ1) is 20.9. The summed E-state index contributed by atoms with van der Waals surface area (Å²) in [5.74, 6) is 1.57. The number of nitrogens with zero attached hydrogens (tertiary/aromatic N) is 3. The van der Waals surface area contributed by atoms with E-state index in [4.69, 9.17) is 0 Å². The molecule has 0 aromatic heterocycles. The van der Waals surface area contributed by atoms with Gasteiger partial charge in [0.05, 0.1) is 6.10 Å². The van der Waals surface area contributed by atoms with Gasteiger partial charge in [0.1, 0.15) is 0 Å². The third kappa shape index (κ3) is 5.41. The van der Waals surface area contributed by atoms with E-state index in [1.165, 1.54) is 23.1 Å². The van der Waals surface area contributed by atoms with Gasteiger partial charge in [-0.05, 0) is 36.0 Å². The fourth-order valence-electron chi connectivity index (χ4n) is 4.56. The Labute approximate surface area is 180 Å². The zero-order chi connectivity index (χ0) is 20.8. The normalized spacial score (nSPS) is 21.2. The Morgan fingerprint density at radius 2 is 1.67 bits per heavy atom. The smallest absolute Gasteiger partial charge is 0.193 e. The van der Waals surface area contributed by atoms with Crippen molar-refractivity contribution in [2.75, 3.05) is 33.2 Å². The van der Waals surface area contributed by atoms with E-state index in [9.17, 15) is 5.11 Å². The predicted molar refractivity (Wildman–Crippen MR) is 123 cm³/mol. The van der Waals surface area contributed by atoms with E-state index in [0.717, 1.165) is 58.1 Å². The van der Waals surface area contributed by atoms with Gasteiger partial charge in [0.25, 0.3) is 0 Å². The van der Waals surface area contributed by atoms with Gasteiger partial charge in [-0.15, -0.1) is 0 Å². The Hall–Kier alpha value is -2.37. The van der Waals surface area contributed by atoms with Gasteiger partial charge >= 0.3 is 0 Å². The fraction of sp³-hybridized carbons (Fsp3) is 0.480. The van der Waals surface area contributed by atoms with Crippen molar-refractivity contribution in [2.24, 2.45) is 4.99 Å². The molecule has 0 saturated carbocycles. The lowest BCUT2D eigenvalue weighted by atomic mass is 9.99. The van der Waals surface area contributed by atoms with Crippen molar-refractivity contribution in [1.29, 1.82) is 0 Å². The highest BCUT2D eigenvalue weighted by molar-refractivity contribution is 5.80. The predicted octanol–water partition coefficient (Wildman–Crippen LogP) is 3.21. The van der Waals surface area contributed by atoms with Crippen LogP contribution < -0.4 is 5.32 Å². The highest BCUT2D eigenvalue weighted by Gasteiger charge is 2.25. The number of rotatable bonds is 5. The van der Waals surface area contributed by atoms with Gasteiger partial charge in [0.15, 0.2) is 5.96 Å². The van der Waals surface area contributed by atoms with Crippen LogP contribution in [-0.4, -0.2) is 60.2 Å². The van der Waals surface area contributed by atoms with Crippen molar-refractivity contribution in [3.8, 4) is 0 Å². The molecule has 0 aliphatic carbocycles. The summed E-state index contributed by atoms with van der Waals surface area (Å²) < 4.78 is 0. The number of guanidine groups is 1. The van der Waals surface area contributed by atoms with Crippen LogP contribution >= 0.6 is 0 Å². The molecular weight excluding hydrogens is 372 g/mol. The van der Waals surface area contributed by atoms with Crippen LogP contribution in [-0.2, 0) is 13.1 Å². The highest BCUT2D eigenvalue weighted by Crippen LogP contribution is 2.26. The average molecular weight is 407 g/mol. The maximum absolute atomic E-state index is 9.66. The van der Waals surface area contributed by atoms with Gasteiger partial charge in [0.2, 0.25) is 0 Å². The maximum Gasteiger partial charge on any atom is 0.193 e. The molecule has 2 N–H and O–H groups in total. The molecular formula is C25H34N4O. The first-order valence-electron chi connectivity index (χ1n) is 11.2. The first-order valence-corrected chi connectivity index (χ1v) is 11.2. The van der Waals surface area contributed by atoms with Crippen LogP contribution in [0.1, 0.15) is 41.9 Å². The Bertz CT molecular complexity index is 813. The second-order valence-corrected chi connectivity index (χ2v) is 8.57. The number of hydrogen-bond acceptors (Lipinski definition) is 3. The molecule has 0 spiro atoms. The molecule has 4 rings (SSSR count). The standard InChI is InChI=1S/C25H34N4O/c1-26-25(29-16-11-23(19-29)22-5-3-2-4-6-22)27-17-20-7-9-21(10-8-20)18-28-14-12-24(30)13-15-28/h2-10,23-24,30H,11-19H2,1H3,(H,26,27). The Kier molecular flexibility index (Phi) is 7.03. The van der Waals surface area contributed by atoms with Crippen LogP contribution in [0.4, 0.5) is 0 Å². The van der Waals surface area contributed by atoms with Crippen molar-refractivity contribution in [1.82, 2.24) is 15.1 Å². The Balaban J connectivity index is 1.26. The van der Waals surface area contributed by atoms with Gasteiger partial charge in [-0.2, -0.15) is 0 Å². The van der Waals surface area contributed by atoms with Gasteiger partial charge in [-0.3, -0.25) is 9.89 Å². The van der Waals surface area contributed by atoms with Gasteiger partial charge in [-0.25, -0.2) is 0 Å². The number of aliphatic hydroxyl groups is 1. The lowest BCUT2D eigenvalue weighted by molar-refractivity contribution is 0.0792. The molecule has 0 bridgehead atoms. The summed E-state index contributed by atoms with van der Waals surface area (Å²) >= 11 is 0. The van der Waals surface area contributed by atoms with Crippen molar-refractivity contribution in [3.05, 3.63) is 71.3 Å². The first-order chi connectivity index (χ1) is 14.7. The monoisotopic (exact) mass is 406 g/mol. The maximum atomic E-state index is 9.66. The van der Waals surface area contributed by atoms with Crippen LogP contribution in [0.3, 0.4) is 0 Å². The summed E-state index contributed by atoms with van der Waals surface area (Å²) in [6.07, 6.45) is 2.85. The fourth-order valence-corrected chi connectivity index (χ4v) is 4.56. The van der Waals surface area contributed by atoms with E-state index in [1.54, 1.807) is 0 Å². The topological polar surface area (TPSA) is 51.1 Å². The molecule has 2 heterocycles. The number of likely N-dealkylation sites (tertiary alicyclic amines) is 2. The molecule has 2 saturated heterocycles. The second-order valence-electron chi connectivity index (χ2n) is 8.57. The quantitative estimate of drug-likeness (QED) is 0.591. The molecule has 1 unspecified atom stereocenters. The van der Waals surface area contributed by atoms with Crippen molar-refractivity contribution in [3.63, 3.8) is 0 Å². The zero-order valence-corrected chi connectivity index (χ0v) is 18.0. The largest absolute Gasteiger partial charge is 0.393 e. The molecule has 2 aliphatic rings. The number of aliphatic hydroxyl groups excluding tert-OH is 1. The Morgan fingerprint density at radius 1 is 0.967 bits per heavy atom. The van der Waals surface area contributed by atoms with E-state index in [-0.39, 0.29) is 6.10 Å². The van der Waals surface area contributed by atoms with E-state index in [0.29, 0.717) is 5.92 Å². The molecule has 0 radical (unpaired) electrons. The minimum absolute atomic E-state index is 0.109. The molecule has 160 valence electrons. The van der Waals surface area contributed by atoms with E-state index >= 15 is 0 Å². The number of piperidine rings is 1. The van der Waals surface area contributed by atoms with Crippen molar-refractivity contribution < 1.29 is 5.11 Å². The molecule has 30 heavy (non-hydrogen) atoms. The van der Waals surface area contributed by atoms with Crippen molar-refractivity contribution >= 4 is 5.96 Å². The summed E-state index contributed by atoms with van der Waals surface area (Å²) in [5.41, 5.74) is 4.03. The van der Waals surface area contributed by atoms with E-state index in [1.807, 2.05) is 7.05 Å². The lowest BCUT2D eigenvalue weighted by Crippen LogP contribution is -2.39. The van der Waals surface area contributed by atoms with Gasteiger partial charge < -0.3 is 15.3 Å². The summed E-state index contributed by atoms with van der Waals surface area (Å²) in [6.45, 7) is 5.79. The van der Waals surface area contributed by atoms with Crippen molar-refractivity contribution in [2.45, 2.75) is 44.4 Å². The molecule has 0 amide bonds. The summed E-state index contributed by atoms with van der Waals surface area (Å²) in [6, 6.07) is 19.7. The number of hydrogen-bond donors (Lipinski definition) is 2. The molecule has 2 fully saturated rings. The molecule has 5 heteroatoms. The van der Waals surface area contributed by atoms with Crippen LogP contribution in [0, 0.1) is 0 Å². The van der Waals surface area contributed by atoms with Crippen LogP contribution in [0.15, 0.2) is 59.6 Å². The van der Waals surface area contributed by atoms with E-state index < -0.39 is 0 Å². The molecule has 2 aromatic rings. The number of nitrogens with one attached hydrogen (secondary N) is 1. The third-order valence-electron chi connectivity index (χ3n) is 6.41. The van der Waals surface area contributed by atoms with Gasteiger partial charge in [0, 0.05) is 52.2 Å². The van der Waals surface area contributed by atoms with Crippen LogP contribution in [0.5, 0.6) is 0 Å². The molecule has 2 aromatic carbocycles. The molecule has 2 aliphatic heterocycles. The highest BCUT2D eigenvalue weighted by atomic mass is 16.3. The SMILES string of the molecule is CN=C(NCc1ccc(CN2CCC(O)CC2)cc1)N1CCC(c2ccccc2)C1. The number of benzene rings is 2. The summed E-state index contributed by atoms with van der Waals surface area (Å²) in [7, 11) is 1.87. The summed E-state index contributed by atoms with van der Waals surface area (Å²) in [5, 5.41) is 13.2. The van der Waals surface area contributed by atoms with Crippen LogP contribution in [0.2, 0.25) is 0 Å². The molecule has 1 atom stereocenters. The minimum Gasteiger partial charge on any atom is -0.393 e. The third-order valence-corrected chi connectivity index (χ3v) is 6.41. The summed E-state index contributed by atoms with van der Waals surface area (Å²) in [4.78, 5) is 9.32. The van der Waals surface area contributed by atoms with E-state index in [2.05, 4.69) is 74.7 Å². The van der Waals surface area contributed by atoms with Crippen LogP contribution in [0.25, 0.3) is 0 Å². The number of aliphatic imine (C=N–C) groups is 1. The second kappa shape index (κ2) is 10.1. The Morgan fingerprint density at radius 3 is 2.37 bits per heavy atom. The van der Waals surface area contributed by atoms with Gasteiger partial charge in [-0.1, -0.05) is 54.6 Å². The molecule has 5 nitrogen and oxygen atoms in total. The minimum atomic E-state index is -0.109. The lowest BCUT2D eigenvalue weighted by Gasteiger charge is -2.29. The zero-order valence-electron chi connectivity index (χ0n) is 18.0.